The van der Waals surface area contributed by atoms with Crippen molar-refractivity contribution in [2.24, 2.45) is 16.7 Å². The zero-order valence-corrected chi connectivity index (χ0v) is 12.6. The molecule has 2 fully saturated rings. The molecule has 3 unspecified atom stereocenters. The number of rotatable bonds is 2. The Hall–Kier alpha value is -1.18. The molecular weight excluding hydrogens is 232 g/mol. The number of benzene rings is 1. The Bertz CT molecular complexity index is 501. The Kier molecular flexibility index (Phi) is 2.64. The SMILES string of the molecule is Cc1ccc(NC2C3(C)CCC(C3)C2(C)C)cc1N. The molecule has 2 nitrogen and oxygen atoms in total. The van der Waals surface area contributed by atoms with E-state index in [1.54, 1.807) is 0 Å². The molecule has 1 aromatic carbocycles. The van der Waals surface area contributed by atoms with Crippen molar-refractivity contribution in [3.63, 3.8) is 0 Å². The molecule has 0 heterocycles. The molecule has 2 bridgehead atoms. The number of fused-ring (bicyclic) bond motifs is 2. The number of nitrogens with two attached hydrogens (primary N) is 1. The molecule has 104 valence electrons. The van der Waals surface area contributed by atoms with Crippen molar-refractivity contribution in [3.05, 3.63) is 23.8 Å². The van der Waals surface area contributed by atoms with Gasteiger partial charge in [0.15, 0.2) is 0 Å². The van der Waals surface area contributed by atoms with Crippen LogP contribution in [0.15, 0.2) is 18.2 Å². The summed E-state index contributed by atoms with van der Waals surface area (Å²) in [4.78, 5) is 0. The number of nitrogen functional groups attached to an aromatic ring is 1. The van der Waals surface area contributed by atoms with E-state index in [4.69, 9.17) is 5.73 Å². The molecule has 0 radical (unpaired) electrons. The molecule has 0 aliphatic heterocycles. The summed E-state index contributed by atoms with van der Waals surface area (Å²) in [5.41, 5.74) is 10.1. The molecule has 2 aliphatic rings. The van der Waals surface area contributed by atoms with Crippen molar-refractivity contribution in [1.82, 2.24) is 0 Å². The predicted octanol–water partition coefficient (Wildman–Crippen LogP) is 4.20. The van der Waals surface area contributed by atoms with Gasteiger partial charge in [0.25, 0.3) is 0 Å². The highest BCUT2D eigenvalue weighted by Crippen LogP contribution is 2.63. The Labute approximate surface area is 116 Å². The average Bonchev–Trinajstić information content (AvgIpc) is 2.80. The van der Waals surface area contributed by atoms with Crippen LogP contribution in [-0.4, -0.2) is 6.04 Å². The summed E-state index contributed by atoms with van der Waals surface area (Å²) in [6.45, 7) is 9.37. The lowest BCUT2D eigenvalue weighted by atomic mass is 9.68. The summed E-state index contributed by atoms with van der Waals surface area (Å²) < 4.78 is 0. The highest BCUT2D eigenvalue weighted by molar-refractivity contribution is 5.59. The van der Waals surface area contributed by atoms with Crippen LogP contribution in [-0.2, 0) is 0 Å². The minimum Gasteiger partial charge on any atom is -0.398 e. The zero-order chi connectivity index (χ0) is 13.8. The van der Waals surface area contributed by atoms with Crippen molar-refractivity contribution in [2.45, 2.75) is 53.0 Å². The Morgan fingerprint density at radius 2 is 2.00 bits per heavy atom. The van der Waals surface area contributed by atoms with E-state index < -0.39 is 0 Å². The first-order valence-electron chi connectivity index (χ1n) is 7.46. The quantitative estimate of drug-likeness (QED) is 0.780. The molecule has 0 saturated heterocycles. The first-order valence-corrected chi connectivity index (χ1v) is 7.46. The maximum Gasteiger partial charge on any atom is 0.0368 e. The second kappa shape index (κ2) is 3.91. The van der Waals surface area contributed by atoms with Crippen molar-refractivity contribution >= 4 is 11.4 Å². The van der Waals surface area contributed by atoms with Crippen LogP contribution in [0.5, 0.6) is 0 Å². The van der Waals surface area contributed by atoms with Crippen molar-refractivity contribution < 1.29 is 0 Å². The molecule has 0 amide bonds. The number of aryl methyl sites for hydroxylation is 1. The van der Waals surface area contributed by atoms with Crippen LogP contribution in [0.4, 0.5) is 11.4 Å². The molecular formula is C17H26N2. The van der Waals surface area contributed by atoms with Crippen LogP contribution in [0.3, 0.4) is 0 Å². The fourth-order valence-electron chi connectivity index (χ4n) is 4.56. The van der Waals surface area contributed by atoms with Gasteiger partial charge >= 0.3 is 0 Å². The molecule has 3 atom stereocenters. The summed E-state index contributed by atoms with van der Waals surface area (Å²) in [6.07, 6.45) is 4.14. The van der Waals surface area contributed by atoms with Crippen LogP contribution >= 0.6 is 0 Å². The molecule has 1 aromatic rings. The van der Waals surface area contributed by atoms with E-state index in [-0.39, 0.29) is 0 Å². The van der Waals surface area contributed by atoms with Crippen molar-refractivity contribution in [3.8, 4) is 0 Å². The smallest absolute Gasteiger partial charge is 0.0368 e. The van der Waals surface area contributed by atoms with Gasteiger partial charge in [-0.3, -0.25) is 0 Å². The third kappa shape index (κ3) is 1.84. The first kappa shape index (κ1) is 12.8. The second-order valence-electron chi connectivity index (χ2n) is 7.56. The fourth-order valence-corrected chi connectivity index (χ4v) is 4.56. The lowest BCUT2D eigenvalue weighted by Crippen LogP contribution is -2.45. The zero-order valence-electron chi connectivity index (χ0n) is 12.6. The van der Waals surface area contributed by atoms with Crippen LogP contribution in [0, 0.1) is 23.7 Å². The van der Waals surface area contributed by atoms with E-state index in [1.807, 2.05) is 0 Å². The number of hydrogen-bond acceptors (Lipinski definition) is 2. The predicted molar refractivity (Wildman–Crippen MR) is 82.2 cm³/mol. The van der Waals surface area contributed by atoms with Crippen molar-refractivity contribution in [2.75, 3.05) is 11.1 Å². The van der Waals surface area contributed by atoms with Crippen LogP contribution in [0.1, 0.15) is 45.6 Å². The standard InChI is InChI=1S/C17H26N2/c1-11-5-6-13(9-14(11)18)19-15-16(2,3)12-7-8-17(15,4)10-12/h5-6,9,12,15,19H,7-8,10,18H2,1-4H3. The normalized spacial score (nSPS) is 35.6. The Morgan fingerprint density at radius 1 is 1.26 bits per heavy atom. The van der Waals surface area contributed by atoms with Gasteiger partial charge in [0.2, 0.25) is 0 Å². The van der Waals surface area contributed by atoms with Gasteiger partial charge in [0, 0.05) is 17.4 Å². The highest BCUT2D eigenvalue weighted by atomic mass is 15.0. The Morgan fingerprint density at radius 3 is 2.58 bits per heavy atom. The molecule has 0 spiro atoms. The molecule has 19 heavy (non-hydrogen) atoms. The van der Waals surface area contributed by atoms with Gasteiger partial charge in [-0.25, -0.2) is 0 Å². The lowest BCUT2D eigenvalue weighted by Gasteiger charge is -2.43. The molecule has 3 rings (SSSR count). The van der Waals surface area contributed by atoms with Gasteiger partial charge in [0.1, 0.15) is 0 Å². The van der Waals surface area contributed by atoms with E-state index in [0.717, 1.165) is 17.2 Å². The Balaban J connectivity index is 1.88. The van der Waals surface area contributed by atoms with Gasteiger partial charge in [-0.1, -0.05) is 26.8 Å². The number of anilines is 2. The number of hydrogen-bond donors (Lipinski definition) is 2. The average molecular weight is 258 g/mol. The van der Waals surface area contributed by atoms with Gasteiger partial charge in [-0.05, 0) is 60.6 Å². The second-order valence-corrected chi connectivity index (χ2v) is 7.56. The topological polar surface area (TPSA) is 38.0 Å². The third-order valence-corrected chi connectivity index (χ3v) is 5.86. The van der Waals surface area contributed by atoms with Gasteiger partial charge in [-0.15, -0.1) is 0 Å². The third-order valence-electron chi connectivity index (χ3n) is 5.86. The van der Waals surface area contributed by atoms with E-state index in [1.165, 1.54) is 24.9 Å². The van der Waals surface area contributed by atoms with E-state index >= 15 is 0 Å². The van der Waals surface area contributed by atoms with Crippen LogP contribution in [0.25, 0.3) is 0 Å². The highest BCUT2D eigenvalue weighted by Gasteiger charge is 2.59. The minimum atomic E-state index is 0.382. The van der Waals surface area contributed by atoms with Gasteiger partial charge in [-0.2, -0.15) is 0 Å². The number of nitrogens with one attached hydrogen (secondary N) is 1. The van der Waals surface area contributed by atoms with E-state index in [0.29, 0.717) is 16.9 Å². The van der Waals surface area contributed by atoms with E-state index in [2.05, 4.69) is 51.2 Å². The summed E-state index contributed by atoms with van der Waals surface area (Å²) in [5, 5.41) is 3.79. The summed E-state index contributed by atoms with van der Waals surface area (Å²) in [6, 6.07) is 6.92. The fraction of sp³-hybridized carbons (Fsp3) is 0.647. The van der Waals surface area contributed by atoms with Crippen LogP contribution < -0.4 is 11.1 Å². The lowest BCUT2D eigenvalue weighted by molar-refractivity contribution is 0.155. The maximum atomic E-state index is 6.03. The summed E-state index contributed by atoms with van der Waals surface area (Å²) >= 11 is 0. The largest absolute Gasteiger partial charge is 0.398 e. The monoisotopic (exact) mass is 258 g/mol. The minimum absolute atomic E-state index is 0.382. The van der Waals surface area contributed by atoms with Crippen LogP contribution in [0.2, 0.25) is 0 Å². The van der Waals surface area contributed by atoms with E-state index in [9.17, 15) is 0 Å². The van der Waals surface area contributed by atoms with Gasteiger partial charge < -0.3 is 11.1 Å². The molecule has 2 aliphatic carbocycles. The van der Waals surface area contributed by atoms with Crippen molar-refractivity contribution in [1.29, 1.82) is 0 Å². The molecule has 2 saturated carbocycles. The molecule has 0 aromatic heterocycles. The molecule has 2 heteroatoms. The summed E-state index contributed by atoms with van der Waals surface area (Å²) in [7, 11) is 0. The summed E-state index contributed by atoms with van der Waals surface area (Å²) in [5.74, 6) is 0.873. The van der Waals surface area contributed by atoms with Gasteiger partial charge in [0.05, 0.1) is 0 Å². The maximum absolute atomic E-state index is 6.03. The first-order chi connectivity index (χ1) is 8.83. The molecule has 3 N–H and O–H groups in total.